The van der Waals surface area contributed by atoms with Gasteiger partial charge >= 0.3 is 6.18 Å². The van der Waals surface area contributed by atoms with E-state index in [2.05, 4.69) is 36.1 Å². The highest BCUT2D eigenvalue weighted by Gasteiger charge is 2.61. The number of rotatable bonds is 3. The maximum absolute atomic E-state index is 13.7. The predicted molar refractivity (Wildman–Crippen MR) is 100 cm³/mol. The van der Waals surface area contributed by atoms with Crippen molar-refractivity contribution >= 4 is 11.9 Å². The Balaban J connectivity index is 1.61. The summed E-state index contributed by atoms with van der Waals surface area (Å²) in [7, 11) is 0. The lowest BCUT2D eigenvalue weighted by Crippen LogP contribution is -2.42. The van der Waals surface area contributed by atoms with Crippen molar-refractivity contribution in [2.45, 2.75) is 52.3 Å². The van der Waals surface area contributed by atoms with Crippen molar-refractivity contribution in [1.29, 1.82) is 0 Å². The number of ether oxygens (including phenoxy) is 1. The molecule has 1 aromatic rings. The summed E-state index contributed by atoms with van der Waals surface area (Å²) >= 11 is 0. The van der Waals surface area contributed by atoms with Crippen LogP contribution in [0.1, 0.15) is 56.1 Å². The van der Waals surface area contributed by atoms with Gasteiger partial charge in [0.2, 0.25) is 5.95 Å². The third kappa shape index (κ3) is 3.27. The molecule has 0 spiro atoms. The molecule has 1 N–H and O–H groups in total. The highest BCUT2D eigenvalue weighted by Crippen LogP contribution is 2.65. The molecule has 1 aromatic heterocycles. The standard InChI is InChI=1S/C20H27F3N4O2/c1-18(2)12-4-5-19(18,3)14(10-12)25-17-24-11-13(15(26-17)20(21,22)23)16(28)27-6-8-29-9-7-27/h11-12,14H,4-10H2,1-3H3,(H,24,25,26). The fraction of sp³-hybridized carbons (Fsp3) is 0.750. The summed E-state index contributed by atoms with van der Waals surface area (Å²) in [5.74, 6) is -0.236. The number of anilines is 1. The van der Waals surface area contributed by atoms with Gasteiger partial charge in [0.05, 0.1) is 18.8 Å². The van der Waals surface area contributed by atoms with Crippen LogP contribution in [0.5, 0.6) is 0 Å². The topological polar surface area (TPSA) is 67.4 Å². The summed E-state index contributed by atoms with van der Waals surface area (Å²) in [6, 6.07) is 0.0122. The molecule has 3 aliphatic rings. The highest BCUT2D eigenvalue weighted by atomic mass is 19.4. The van der Waals surface area contributed by atoms with E-state index < -0.39 is 23.3 Å². The van der Waals surface area contributed by atoms with Gasteiger partial charge in [-0.2, -0.15) is 13.2 Å². The molecule has 3 atom stereocenters. The summed E-state index contributed by atoms with van der Waals surface area (Å²) < 4.78 is 46.3. The number of carbonyl (C=O) groups is 1. The minimum atomic E-state index is -4.74. The van der Waals surface area contributed by atoms with E-state index in [1.807, 2.05) is 0 Å². The number of hydrogen-bond donors (Lipinski definition) is 1. The number of carbonyl (C=O) groups excluding carboxylic acids is 1. The summed E-state index contributed by atoms with van der Waals surface area (Å²) in [4.78, 5) is 21.8. The molecule has 2 saturated carbocycles. The van der Waals surface area contributed by atoms with E-state index in [1.165, 1.54) is 4.90 Å². The lowest BCUT2D eigenvalue weighted by Gasteiger charge is -2.39. The molecule has 6 nitrogen and oxygen atoms in total. The third-order valence-corrected chi connectivity index (χ3v) is 7.68. The van der Waals surface area contributed by atoms with E-state index in [-0.39, 0.29) is 35.9 Å². The SMILES string of the molecule is CC1(C)C2CCC1(C)C(Nc1ncc(C(=O)N3CCOCC3)c(C(F)(F)F)n1)C2. The van der Waals surface area contributed by atoms with E-state index in [0.717, 1.165) is 25.5 Å². The summed E-state index contributed by atoms with van der Waals surface area (Å²) in [6.45, 7) is 7.80. The van der Waals surface area contributed by atoms with Crippen molar-refractivity contribution in [3.8, 4) is 0 Å². The summed E-state index contributed by atoms with van der Waals surface area (Å²) in [6.07, 6.45) is -0.667. The molecular weight excluding hydrogens is 385 g/mol. The number of halogens is 3. The lowest BCUT2D eigenvalue weighted by molar-refractivity contribution is -0.141. The molecule has 3 unspecified atom stereocenters. The van der Waals surface area contributed by atoms with Crippen molar-refractivity contribution in [1.82, 2.24) is 14.9 Å². The summed E-state index contributed by atoms with van der Waals surface area (Å²) in [5, 5.41) is 3.16. The number of aromatic nitrogens is 2. The monoisotopic (exact) mass is 412 g/mol. The van der Waals surface area contributed by atoms with Gasteiger partial charge in [0.25, 0.3) is 5.91 Å². The Bertz CT molecular complexity index is 807. The lowest BCUT2D eigenvalue weighted by atomic mass is 9.69. The molecule has 0 radical (unpaired) electrons. The van der Waals surface area contributed by atoms with Crippen LogP contribution in [-0.4, -0.2) is 53.1 Å². The molecule has 2 heterocycles. The highest BCUT2D eigenvalue weighted by molar-refractivity contribution is 5.95. The Morgan fingerprint density at radius 2 is 1.97 bits per heavy atom. The maximum atomic E-state index is 13.7. The first-order chi connectivity index (χ1) is 13.5. The Hall–Kier alpha value is -1.90. The van der Waals surface area contributed by atoms with Crippen LogP contribution in [0.15, 0.2) is 6.20 Å². The smallest absolute Gasteiger partial charge is 0.378 e. The molecule has 4 rings (SSSR count). The van der Waals surface area contributed by atoms with Gasteiger partial charge in [-0.05, 0) is 36.0 Å². The van der Waals surface area contributed by atoms with Crippen molar-refractivity contribution in [3.63, 3.8) is 0 Å². The minimum Gasteiger partial charge on any atom is -0.378 e. The van der Waals surface area contributed by atoms with Crippen LogP contribution in [0.4, 0.5) is 19.1 Å². The molecule has 1 aliphatic heterocycles. The van der Waals surface area contributed by atoms with E-state index >= 15 is 0 Å². The average molecular weight is 412 g/mol. The van der Waals surface area contributed by atoms with Crippen LogP contribution in [0.3, 0.4) is 0 Å². The number of fused-ring (bicyclic) bond motifs is 2. The minimum absolute atomic E-state index is 0.0122. The number of hydrogen-bond acceptors (Lipinski definition) is 5. The first kappa shape index (κ1) is 20.4. The Kier molecular flexibility index (Phi) is 4.79. The van der Waals surface area contributed by atoms with E-state index in [1.54, 1.807) is 0 Å². The zero-order valence-corrected chi connectivity index (χ0v) is 17.0. The largest absolute Gasteiger partial charge is 0.434 e. The third-order valence-electron chi connectivity index (χ3n) is 7.68. The summed E-state index contributed by atoms with van der Waals surface area (Å²) in [5.41, 5.74) is -1.60. The number of nitrogens with one attached hydrogen (secondary N) is 1. The molecule has 29 heavy (non-hydrogen) atoms. The van der Waals surface area contributed by atoms with Crippen LogP contribution >= 0.6 is 0 Å². The zero-order valence-electron chi connectivity index (χ0n) is 17.0. The molecule has 3 fully saturated rings. The second kappa shape index (κ2) is 6.82. The predicted octanol–water partition coefficient (Wildman–Crippen LogP) is 3.59. The van der Waals surface area contributed by atoms with Gasteiger partial charge in [0.15, 0.2) is 5.69 Å². The van der Waals surface area contributed by atoms with Gasteiger partial charge in [-0.1, -0.05) is 20.8 Å². The van der Waals surface area contributed by atoms with Gasteiger partial charge in [-0.15, -0.1) is 0 Å². The molecule has 160 valence electrons. The van der Waals surface area contributed by atoms with Crippen molar-refractivity contribution in [2.24, 2.45) is 16.7 Å². The van der Waals surface area contributed by atoms with E-state index in [9.17, 15) is 18.0 Å². The van der Waals surface area contributed by atoms with Crippen LogP contribution < -0.4 is 5.32 Å². The van der Waals surface area contributed by atoms with Gasteiger partial charge in [0, 0.05) is 25.3 Å². The molecule has 2 bridgehead atoms. The van der Waals surface area contributed by atoms with Crippen LogP contribution in [-0.2, 0) is 10.9 Å². The van der Waals surface area contributed by atoms with Crippen molar-refractivity contribution in [3.05, 3.63) is 17.5 Å². The molecule has 1 amide bonds. The fourth-order valence-electron chi connectivity index (χ4n) is 5.34. The Morgan fingerprint density at radius 3 is 2.52 bits per heavy atom. The first-order valence-electron chi connectivity index (χ1n) is 10.1. The molecule has 1 saturated heterocycles. The zero-order chi connectivity index (χ0) is 21.0. The molecule has 2 aliphatic carbocycles. The van der Waals surface area contributed by atoms with Crippen LogP contribution in [0.25, 0.3) is 0 Å². The van der Waals surface area contributed by atoms with Crippen molar-refractivity contribution < 1.29 is 22.7 Å². The van der Waals surface area contributed by atoms with Gasteiger partial charge in [-0.3, -0.25) is 4.79 Å². The fourth-order valence-corrected chi connectivity index (χ4v) is 5.34. The van der Waals surface area contributed by atoms with Crippen molar-refractivity contribution in [2.75, 3.05) is 31.6 Å². The maximum Gasteiger partial charge on any atom is 0.434 e. The van der Waals surface area contributed by atoms with Crippen LogP contribution in [0.2, 0.25) is 0 Å². The normalized spacial score (nSPS) is 31.2. The number of morpholine rings is 1. The Labute approximate surface area is 168 Å². The number of alkyl halides is 3. The second-order valence-electron chi connectivity index (χ2n) is 9.17. The second-order valence-corrected chi connectivity index (χ2v) is 9.17. The van der Waals surface area contributed by atoms with Crippen LogP contribution in [0, 0.1) is 16.7 Å². The van der Waals surface area contributed by atoms with Gasteiger partial charge in [0.1, 0.15) is 0 Å². The molecular formula is C20H27F3N4O2. The molecule has 0 aromatic carbocycles. The molecule has 9 heteroatoms. The Morgan fingerprint density at radius 1 is 1.28 bits per heavy atom. The average Bonchev–Trinajstić information content (AvgIpc) is 3.01. The van der Waals surface area contributed by atoms with E-state index in [4.69, 9.17) is 4.74 Å². The van der Waals surface area contributed by atoms with Gasteiger partial charge in [-0.25, -0.2) is 9.97 Å². The number of amides is 1. The first-order valence-corrected chi connectivity index (χ1v) is 10.1. The van der Waals surface area contributed by atoms with Gasteiger partial charge < -0.3 is 15.0 Å². The van der Waals surface area contributed by atoms with E-state index in [0.29, 0.717) is 19.1 Å². The number of nitrogens with zero attached hydrogens (tertiary/aromatic N) is 3. The quantitative estimate of drug-likeness (QED) is 0.822.